The molecule has 0 radical (unpaired) electrons. The van der Waals surface area contributed by atoms with Crippen molar-refractivity contribution >= 4 is 11.8 Å². The molecule has 2 aliphatic heterocycles. The first-order valence-corrected chi connectivity index (χ1v) is 11.6. The van der Waals surface area contributed by atoms with Gasteiger partial charge in [-0.05, 0) is 46.5 Å². The number of nitrogens with two attached hydrogens (primary N) is 1. The molecule has 9 heteroatoms. The van der Waals surface area contributed by atoms with E-state index in [9.17, 15) is 19.1 Å². The predicted molar refractivity (Wildman–Crippen MR) is 127 cm³/mol. The highest BCUT2D eigenvalue weighted by Gasteiger charge is 2.49. The van der Waals surface area contributed by atoms with Crippen molar-refractivity contribution in [1.29, 1.82) is 0 Å². The number of ketones is 1. The van der Waals surface area contributed by atoms with E-state index in [4.69, 9.17) is 19.9 Å². The van der Waals surface area contributed by atoms with Gasteiger partial charge in [-0.25, -0.2) is 9.18 Å². The number of aromatic nitrogens is 1. The highest BCUT2D eigenvalue weighted by atomic mass is 19.1. The Bertz CT molecular complexity index is 1300. The predicted octanol–water partition coefficient (Wildman–Crippen LogP) is 2.46. The van der Waals surface area contributed by atoms with Crippen molar-refractivity contribution < 1.29 is 33.3 Å². The van der Waals surface area contributed by atoms with Crippen LogP contribution < -0.4 is 5.73 Å². The van der Waals surface area contributed by atoms with Crippen LogP contribution in [0.3, 0.4) is 0 Å². The van der Waals surface area contributed by atoms with E-state index >= 15 is 0 Å². The van der Waals surface area contributed by atoms with Gasteiger partial charge in [0.15, 0.2) is 11.9 Å². The molecule has 0 amide bonds. The zero-order valence-corrected chi connectivity index (χ0v) is 19.3. The SMILES string of the molecule is NCc1ccc(C(=O)Cc2ccncc2F)cc1-c1cccc(C(=O)OC2COC3C(O)COC23)c1. The molecule has 1 aromatic heterocycles. The number of hydrogen-bond acceptors (Lipinski definition) is 8. The van der Waals surface area contributed by atoms with Crippen LogP contribution in [-0.2, 0) is 27.2 Å². The van der Waals surface area contributed by atoms with E-state index in [-0.39, 0.29) is 37.5 Å². The number of ether oxygens (including phenoxy) is 3. The average Bonchev–Trinajstić information content (AvgIpc) is 3.47. The number of carbonyl (C=O) groups is 2. The zero-order valence-electron chi connectivity index (χ0n) is 19.3. The fourth-order valence-electron chi connectivity index (χ4n) is 4.58. The fraction of sp³-hybridized carbons (Fsp3) is 0.296. The third-order valence-electron chi connectivity index (χ3n) is 6.51. The lowest BCUT2D eigenvalue weighted by Gasteiger charge is -2.17. The molecule has 36 heavy (non-hydrogen) atoms. The van der Waals surface area contributed by atoms with Gasteiger partial charge in [0.1, 0.15) is 24.1 Å². The second-order valence-electron chi connectivity index (χ2n) is 8.83. The minimum Gasteiger partial charge on any atom is -0.453 e. The summed E-state index contributed by atoms with van der Waals surface area (Å²) in [5, 5.41) is 9.89. The summed E-state index contributed by atoms with van der Waals surface area (Å²) in [5.74, 6) is -1.34. The number of aliphatic hydroxyl groups excluding tert-OH is 1. The number of nitrogens with zero attached hydrogens (tertiary/aromatic N) is 1. The molecule has 0 spiro atoms. The molecule has 5 rings (SSSR count). The zero-order chi connectivity index (χ0) is 25.2. The molecule has 186 valence electrons. The molecule has 2 saturated heterocycles. The monoisotopic (exact) mass is 492 g/mol. The van der Waals surface area contributed by atoms with Crippen LogP contribution in [0.2, 0.25) is 0 Å². The highest BCUT2D eigenvalue weighted by Crippen LogP contribution is 2.30. The first-order chi connectivity index (χ1) is 17.4. The summed E-state index contributed by atoms with van der Waals surface area (Å²) >= 11 is 0. The number of benzene rings is 2. The van der Waals surface area contributed by atoms with Gasteiger partial charge in [-0.1, -0.05) is 24.3 Å². The van der Waals surface area contributed by atoms with Gasteiger partial charge in [0.25, 0.3) is 0 Å². The summed E-state index contributed by atoms with van der Waals surface area (Å²) in [6.07, 6.45) is 0.0718. The molecule has 0 saturated carbocycles. The van der Waals surface area contributed by atoms with Crippen molar-refractivity contribution in [2.45, 2.75) is 37.4 Å². The second kappa shape index (κ2) is 10.2. The van der Waals surface area contributed by atoms with Gasteiger partial charge >= 0.3 is 5.97 Å². The molecule has 4 unspecified atom stereocenters. The van der Waals surface area contributed by atoms with Gasteiger partial charge in [0, 0.05) is 24.7 Å². The van der Waals surface area contributed by atoms with Crippen LogP contribution >= 0.6 is 0 Å². The number of aliphatic hydroxyl groups is 1. The van der Waals surface area contributed by atoms with Crippen molar-refractivity contribution in [3.8, 4) is 11.1 Å². The van der Waals surface area contributed by atoms with E-state index in [0.717, 1.165) is 11.8 Å². The molecule has 2 aliphatic rings. The summed E-state index contributed by atoms with van der Waals surface area (Å²) in [5.41, 5.74) is 9.08. The van der Waals surface area contributed by atoms with Gasteiger partial charge in [0.05, 0.1) is 25.0 Å². The van der Waals surface area contributed by atoms with Crippen LogP contribution in [0, 0.1) is 5.82 Å². The Hall–Kier alpha value is -3.50. The van der Waals surface area contributed by atoms with Crippen LogP contribution in [-0.4, -0.2) is 59.5 Å². The van der Waals surface area contributed by atoms with E-state index < -0.39 is 36.2 Å². The summed E-state index contributed by atoms with van der Waals surface area (Å²) in [4.78, 5) is 29.5. The minimum absolute atomic E-state index is 0.107. The maximum absolute atomic E-state index is 14.0. The van der Waals surface area contributed by atoms with Gasteiger partial charge in [-0.3, -0.25) is 9.78 Å². The van der Waals surface area contributed by atoms with Gasteiger partial charge in [0.2, 0.25) is 0 Å². The molecule has 3 aromatic rings. The molecular weight excluding hydrogens is 467 g/mol. The lowest BCUT2D eigenvalue weighted by molar-refractivity contribution is -0.0209. The lowest BCUT2D eigenvalue weighted by Crippen LogP contribution is -2.34. The molecule has 4 atom stereocenters. The quantitative estimate of drug-likeness (QED) is 0.381. The maximum atomic E-state index is 14.0. The highest BCUT2D eigenvalue weighted by molar-refractivity contribution is 5.99. The van der Waals surface area contributed by atoms with Crippen molar-refractivity contribution in [3.05, 3.63) is 89.0 Å². The molecule has 2 fully saturated rings. The third kappa shape index (κ3) is 4.78. The normalized spacial score (nSPS) is 22.9. The van der Waals surface area contributed by atoms with E-state index in [1.165, 1.54) is 12.3 Å². The fourth-order valence-corrected chi connectivity index (χ4v) is 4.58. The summed E-state index contributed by atoms with van der Waals surface area (Å²) in [6.45, 7) is 0.514. The van der Waals surface area contributed by atoms with Crippen molar-refractivity contribution in [2.24, 2.45) is 5.73 Å². The topological polar surface area (TPSA) is 121 Å². The first kappa shape index (κ1) is 24.2. The number of rotatable bonds is 7. The molecule has 2 aromatic carbocycles. The van der Waals surface area contributed by atoms with E-state index in [2.05, 4.69) is 4.98 Å². The Kier molecular flexibility index (Phi) is 6.88. The summed E-state index contributed by atoms with van der Waals surface area (Å²) < 4.78 is 30.7. The second-order valence-corrected chi connectivity index (χ2v) is 8.83. The van der Waals surface area contributed by atoms with Crippen LogP contribution in [0.15, 0.2) is 60.9 Å². The Balaban J connectivity index is 1.37. The molecule has 0 bridgehead atoms. The summed E-state index contributed by atoms with van der Waals surface area (Å²) in [6, 6.07) is 13.4. The average molecular weight is 493 g/mol. The maximum Gasteiger partial charge on any atom is 0.338 e. The van der Waals surface area contributed by atoms with E-state index in [1.54, 1.807) is 36.4 Å². The van der Waals surface area contributed by atoms with Crippen molar-refractivity contribution in [2.75, 3.05) is 13.2 Å². The van der Waals surface area contributed by atoms with E-state index in [1.807, 2.05) is 6.07 Å². The smallest absolute Gasteiger partial charge is 0.338 e. The molecular formula is C27H25FN2O6. The Morgan fingerprint density at radius 2 is 1.89 bits per heavy atom. The Morgan fingerprint density at radius 1 is 1.06 bits per heavy atom. The Labute approximate surface area is 206 Å². The van der Waals surface area contributed by atoms with Gasteiger partial charge in [-0.2, -0.15) is 0 Å². The minimum atomic E-state index is -0.734. The number of halogens is 1. The Morgan fingerprint density at radius 3 is 2.69 bits per heavy atom. The lowest BCUT2D eigenvalue weighted by atomic mass is 9.93. The molecule has 8 nitrogen and oxygen atoms in total. The molecule has 3 heterocycles. The number of fused-ring (bicyclic) bond motifs is 1. The van der Waals surface area contributed by atoms with Crippen LogP contribution in [0.5, 0.6) is 0 Å². The summed E-state index contributed by atoms with van der Waals surface area (Å²) in [7, 11) is 0. The number of Topliss-reactive ketones (excluding diaryl/α,β-unsaturated/α-hetero) is 1. The number of esters is 1. The van der Waals surface area contributed by atoms with Gasteiger partial charge in [-0.15, -0.1) is 0 Å². The number of carbonyl (C=O) groups excluding carboxylic acids is 2. The standard InChI is InChI=1S/C27H25FN2O6/c28-21-12-30-7-6-16(21)10-22(31)17-4-5-19(11-29)20(9-17)15-2-1-3-18(8-15)27(33)36-24-14-35-25-23(32)13-34-26(24)25/h1-9,12,23-26,32H,10-11,13-14,29H2. The number of pyridine rings is 1. The van der Waals surface area contributed by atoms with Gasteiger partial charge < -0.3 is 25.1 Å². The molecule has 3 N–H and O–H groups in total. The first-order valence-electron chi connectivity index (χ1n) is 11.6. The van der Waals surface area contributed by atoms with Crippen molar-refractivity contribution in [3.63, 3.8) is 0 Å². The van der Waals surface area contributed by atoms with Crippen molar-refractivity contribution in [1.82, 2.24) is 4.98 Å². The number of hydrogen-bond donors (Lipinski definition) is 2. The third-order valence-corrected chi connectivity index (χ3v) is 6.51. The van der Waals surface area contributed by atoms with Crippen LogP contribution in [0.25, 0.3) is 11.1 Å². The van der Waals surface area contributed by atoms with Crippen LogP contribution in [0.1, 0.15) is 31.8 Å². The largest absolute Gasteiger partial charge is 0.453 e. The van der Waals surface area contributed by atoms with E-state index in [0.29, 0.717) is 22.3 Å². The van der Waals surface area contributed by atoms with Crippen LogP contribution in [0.4, 0.5) is 4.39 Å². The molecule has 0 aliphatic carbocycles.